The minimum atomic E-state index is -0.673. The van der Waals surface area contributed by atoms with Crippen LogP contribution < -0.4 is 0 Å². The summed E-state index contributed by atoms with van der Waals surface area (Å²) in [5.74, 6) is 1.30. The zero-order valence-corrected chi connectivity index (χ0v) is 6.45. The Labute approximate surface area is 65.3 Å². The van der Waals surface area contributed by atoms with Crippen molar-refractivity contribution in [3.63, 3.8) is 0 Å². The smallest absolute Gasteiger partial charge is 0.132 e. The molecule has 0 aromatic carbocycles. The molecule has 3 heteroatoms. The molecule has 1 aromatic rings. The molecule has 1 heterocycles. The summed E-state index contributed by atoms with van der Waals surface area (Å²) in [4.78, 5) is 0. The van der Waals surface area contributed by atoms with Gasteiger partial charge in [-0.25, -0.2) is 0 Å². The van der Waals surface area contributed by atoms with Gasteiger partial charge in [-0.15, -0.1) is 0 Å². The average molecular weight is 156 g/mol. The first kappa shape index (κ1) is 8.30. The fourth-order valence-corrected chi connectivity index (χ4v) is 0.897. The van der Waals surface area contributed by atoms with Gasteiger partial charge in [0.1, 0.15) is 17.6 Å². The zero-order valence-electron chi connectivity index (χ0n) is 6.45. The highest BCUT2D eigenvalue weighted by molar-refractivity contribution is 5.07. The van der Waals surface area contributed by atoms with Crippen LogP contribution in [0.3, 0.4) is 0 Å². The maximum atomic E-state index is 9.28. The van der Waals surface area contributed by atoms with Crippen LogP contribution in [0.4, 0.5) is 0 Å². The van der Waals surface area contributed by atoms with Crippen LogP contribution in [0.1, 0.15) is 24.0 Å². The van der Waals surface area contributed by atoms with E-state index in [1.54, 1.807) is 12.1 Å². The lowest BCUT2D eigenvalue weighted by molar-refractivity contribution is 0.112. The van der Waals surface area contributed by atoms with E-state index >= 15 is 0 Å². The Bertz CT molecular complexity index is 217. The van der Waals surface area contributed by atoms with E-state index in [1.165, 1.54) is 0 Å². The molecule has 0 saturated heterocycles. The van der Waals surface area contributed by atoms with Crippen LogP contribution in [0.15, 0.2) is 16.5 Å². The van der Waals surface area contributed by atoms with Crippen molar-refractivity contribution in [3.8, 4) is 0 Å². The second-order valence-corrected chi connectivity index (χ2v) is 2.48. The molecule has 11 heavy (non-hydrogen) atoms. The van der Waals surface area contributed by atoms with E-state index in [1.807, 2.05) is 6.92 Å². The highest BCUT2D eigenvalue weighted by atomic mass is 16.4. The predicted octanol–water partition coefficient (Wildman–Crippen LogP) is 1.00. The quantitative estimate of drug-likeness (QED) is 0.686. The molecule has 0 aliphatic heterocycles. The van der Waals surface area contributed by atoms with Gasteiger partial charge < -0.3 is 14.6 Å². The molecule has 0 bridgehead atoms. The standard InChI is InChI=1S/C8H12O3/c1-6-2-3-8(11-6)7(10)4-5-9/h2-3,7,9-10H,4-5H2,1H3. The number of aryl methyl sites for hydroxylation is 1. The summed E-state index contributed by atoms with van der Waals surface area (Å²) in [6.45, 7) is 1.79. The van der Waals surface area contributed by atoms with E-state index in [-0.39, 0.29) is 6.61 Å². The molecule has 0 amide bonds. The van der Waals surface area contributed by atoms with Gasteiger partial charge in [-0.05, 0) is 19.1 Å². The van der Waals surface area contributed by atoms with Gasteiger partial charge >= 0.3 is 0 Å². The van der Waals surface area contributed by atoms with Crippen molar-refractivity contribution in [2.45, 2.75) is 19.4 Å². The Morgan fingerprint density at radius 3 is 2.73 bits per heavy atom. The van der Waals surface area contributed by atoms with Gasteiger partial charge in [0.05, 0.1) is 0 Å². The molecule has 1 rings (SSSR count). The Balaban J connectivity index is 2.60. The van der Waals surface area contributed by atoms with Crippen LogP contribution in [0.2, 0.25) is 0 Å². The lowest BCUT2D eigenvalue weighted by Gasteiger charge is -2.03. The van der Waals surface area contributed by atoms with Crippen LogP contribution in [-0.4, -0.2) is 16.8 Å². The van der Waals surface area contributed by atoms with E-state index in [0.717, 1.165) is 5.76 Å². The van der Waals surface area contributed by atoms with Crippen molar-refractivity contribution in [2.24, 2.45) is 0 Å². The average Bonchev–Trinajstić information content (AvgIpc) is 2.36. The monoisotopic (exact) mass is 156 g/mol. The molecular weight excluding hydrogens is 144 g/mol. The Kier molecular flexibility index (Phi) is 2.68. The SMILES string of the molecule is Cc1ccc(C(O)CCO)o1. The van der Waals surface area contributed by atoms with Crippen LogP contribution in [0.5, 0.6) is 0 Å². The summed E-state index contributed by atoms with van der Waals surface area (Å²) < 4.78 is 5.14. The molecular formula is C8H12O3. The second-order valence-electron chi connectivity index (χ2n) is 2.48. The number of rotatable bonds is 3. The molecule has 0 spiro atoms. The number of hydrogen-bond donors (Lipinski definition) is 2. The molecule has 0 radical (unpaired) electrons. The van der Waals surface area contributed by atoms with E-state index in [9.17, 15) is 5.11 Å². The van der Waals surface area contributed by atoms with Crippen molar-refractivity contribution >= 4 is 0 Å². The number of aliphatic hydroxyl groups excluding tert-OH is 2. The van der Waals surface area contributed by atoms with Gasteiger partial charge in [-0.1, -0.05) is 0 Å². The molecule has 1 aromatic heterocycles. The van der Waals surface area contributed by atoms with Gasteiger partial charge in [0.2, 0.25) is 0 Å². The predicted molar refractivity (Wildman–Crippen MR) is 40.1 cm³/mol. The third-order valence-corrected chi connectivity index (χ3v) is 1.49. The van der Waals surface area contributed by atoms with Crippen molar-refractivity contribution in [2.75, 3.05) is 6.61 Å². The summed E-state index contributed by atoms with van der Waals surface area (Å²) in [7, 11) is 0. The molecule has 1 atom stereocenters. The third-order valence-electron chi connectivity index (χ3n) is 1.49. The Morgan fingerprint density at radius 1 is 1.55 bits per heavy atom. The van der Waals surface area contributed by atoms with Crippen molar-refractivity contribution < 1.29 is 14.6 Å². The normalized spacial score (nSPS) is 13.4. The van der Waals surface area contributed by atoms with Crippen LogP contribution in [0.25, 0.3) is 0 Å². The summed E-state index contributed by atoms with van der Waals surface area (Å²) >= 11 is 0. The van der Waals surface area contributed by atoms with Gasteiger partial charge in [-0.2, -0.15) is 0 Å². The van der Waals surface area contributed by atoms with Crippen molar-refractivity contribution in [1.29, 1.82) is 0 Å². The number of furan rings is 1. The first-order valence-corrected chi connectivity index (χ1v) is 3.59. The summed E-state index contributed by atoms with van der Waals surface area (Å²) in [6.07, 6.45) is -0.346. The first-order chi connectivity index (χ1) is 5.24. The van der Waals surface area contributed by atoms with Crippen LogP contribution >= 0.6 is 0 Å². The highest BCUT2D eigenvalue weighted by Gasteiger charge is 2.09. The molecule has 62 valence electrons. The number of hydrogen-bond acceptors (Lipinski definition) is 3. The molecule has 1 unspecified atom stereocenters. The molecule has 0 fully saturated rings. The molecule has 0 saturated carbocycles. The molecule has 3 nitrogen and oxygen atoms in total. The Hall–Kier alpha value is -0.800. The lowest BCUT2D eigenvalue weighted by atomic mass is 10.2. The first-order valence-electron chi connectivity index (χ1n) is 3.59. The summed E-state index contributed by atoms with van der Waals surface area (Å²) in [5, 5.41) is 17.8. The Morgan fingerprint density at radius 2 is 2.27 bits per heavy atom. The van der Waals surface area contributed by atoms with Crippen molar-refractivity contribution in [3.05, 3.63) is 23.7 Å². The van der Waals surface area contributed by atoms with E-state index in [4.69, 9.17) is 9.52 Å². The van der Waals surface area contributed by atoms with Crippen LogP contribution in [0, 0.1) is 6.92 Å². The molecule has 0 aliphatic rings. The lowest BCUT2D eigenvalue weighted by Crippen LogP contribution is -1.97. The second kappa shape index (κ2) is 3.55. The van der Waals surface area contributed by atoms with E-state index in [0.29, 0.717) is 12.2 Å². The fraction of sp³-hybridized carbons (Fsp3) is 0.500. The van der Waals surface area contributed by atoms with Gasteiger partial charge in [0.25, 0.3) is 0 Å². The largest absolute Gasteiger partial charge is 0.464 e. The number of aliphatic hydroxyl groups is 2. The minimum Gasteiger partial charge on any atom is -0.464 e. The van der Waals surface area contributed by atoms with Crippen molar-refractivity contribution in [1.82, 2.24) is 0 Å². The van der Waals surface area contributed by atoms with Crippen LogP contribution in [-0.2, 0) is 0 Å². The summed E-state index contributed by atoms with van der Waals surface area (Å²) in [6, 6.07) is 3.51. The maximum absolute atomic E-state index is 9.28. The van der Waals surface area contributed by atoms with Gasteiger partial charge in [0, 0.05) is 13.0 Å². The fourth-order valence-electron chi connectivity index (χ4n) is 0.897. The summed E-state index contributed by atoms with van der Waals surface area (Å²) in [5.41, 5.74) is 0. The zero-order chi connectivity index (χ0) is 8.27. The highest BCUT2D eigenvalue weighted by Crippen LogP contribution is 2.18. The van der Waals surface area contributed by atoms with Gasteiger partial charge in [-0.3, -0.25) is 0 Å². The van der Waals surface area contributed by atoms with E-state index < -0.39 is 6.10 Å². The van der Waals surface area contributed by atoms with Gasteiger partial charge in [0.15, 0.2) is 0 Å². The van der Waals surface area contributed by atoms with E-state index in [2.05, 4.69) is 0 Å². The molecule has 2 N–H and O–H groups in total. The third kappa shape index (κ3) is 2.06. The molecule has 0 aliphatic carbocycles. The minimum absolute atomic E-state index is 0.0269. The maximum Gasteiger partial charge on any atom is 0.132 e. The topological polar surface area (TPSA) is 53.6 Å².